The number of benzene rings is 1. The van der Waals surface area contributed by atoms with Crippen LogP contribution in [0.3, 0.4) is 0 Å². The number of hydrogen-bond donors (Lipinski definition) is 2. The van der Waals surface area contributed by atoms with Gasteiger partial charge in [-0.15, -0.1) is 0 Å². The van der Waals surface area contributed by atoms with Crippen molar-refractivity contribution in [1.82, 2.24) is 15.1 Å². The molecule has 1 aromatic carbocycles. The second-order valence-electron chi connectivity index (χ2n) is 5.06. The molecule has 1 atom stereocenters. The molecule has 0 aliphatic carbocycles. The first-order chi connectivity index (χ1) is 9.53. The summed E-state index contributed by atoms with van der Waals surface area (Å²) in [5.41, 5.74) is 0.833. The van der Waals surface area contributed by atoms with E-state index in [2.05, 4.69) is 10.4 Å². The average Bonchev–Trinajstić information content (AvgIpc) is 2.87. The van der Waals surface area contributed by atoms with Crippen LogP contribution in [0.5, 0.6) is 0 Å². The molecule has 108 valence electrons. The van der Waals surface area contributed by atoms with Crippen molar-refractivity contribution in [3.8, 4) is 0 Å². The Kier molecular flexibility index (Phi) is 4.81. The highest BCUT2D eigenvalue weighted by Crippen LogP contribution is 2.27. The van der Waals surface area contributed by atoms with Crippen molar-refractivity contribution >= 4 is 11.6 Å². The molecule has 0 saturated heterocycles. The Morgan fingerprint density at radius 1 is 1.40 bits per heavy atom. The fourth-order valence-electron chi connectivity index (χ4n) is 2.11. The number of aliphatic hydroxyl groups is 1. The quantitative estimate of drug-likeness (QED) is 0.860. The molecule has 1 heterocycles. The van der Waals surface area contributed by atoms with Crippen LogP contribution in [-0.2, 0) is 18.7 Å². The molecular formula is C15H20ClN3O. The molecule has 0 fully saturated rings. The van der Waals surface area contributed by atoms with E-state index in [4.69, 9.17) is 11.6 Å². The fourth-order valence-corrected chi connectivity index (χ4v) is 2.45. The van der Waals surface area contributed by atoms with Gasteiger partial charge in [-0.1, -0.05) is 29.8 Å². The normalized spacial score (nSPS) is 14.2. The van der Waals surface area contributed by atoms with Gasteiger partial charge in [0.1, 0.15) is 5.60 Å². The van der Waals surface area contributed by atoms with Crippen molar-refractivity contribution in [2.45, 2.75) is 32.5 Å². The summed E-state index contributed by atoms with van der Waals surface area (Å²) in [6.45, 7) is 5.76. The van der Waals surface area contributed by atoms with Crippen molar-refractivity contribution < 1.29 is 5.11 Å². The van der Waals surface area contributed by atoms with E-state index in [1.54, 1.807) is 13.0 Å². The number of aromatic nitrogens is 2. The zero-order valence-corrected chi connectivity index (χ0v) is 12.6. The SMILES string of the molecule is CCn1cc(CNCC(C)(O)c2ccccc2Cl)cn1. The minimum Gasteiger partial charge on any atom is -0.384 e. The van der Waals surface area contributed by atoms with Crippen molar-refractivity contribution in [2.24, 2.45) is 0 Å². The van der Waals surface area contributed by atoms with Gasteiger partial charge >= 0.3 is 0 Å². The van der Waals surface area contributed by atoms with Gasteiger partial charge in [0, 0.05) is 42.0 Å². The van der Waals surface area contributed by atoms with Crippen LogP contribution in [0.1, 0.15) is 25.0 Å². The van der Waals surface area contributed by atoms with Gasteiger partial charge < -0.3 is 10.4 Å². The topological polar surface area (TPSA) is 50.1 Å². The predicted molar refractivity (Wildman–Crippen MR) is 80.6 cm³/mol. The molecule has 0 aliphatic heterocycles. The third-order valence-electron chi connectivity index (χ3n) is 3.26. The van der Waals surface area contributed by atoms with Crippen LogP contribution in [0.4, 0.5) is 0 Å². The van der Waals surface area contributed by atoms with E-state index in [1.807, 2.05) is 42.2 Å². The number of rotatable bonds is 6. The van der Waals surface area contributed by atoms with Gasteiger partial charge in [-0.3, -0.25) is 4.68 Å². The molecule has 1 unspecified atom stereocenters. The summed E-state index contributed by atoms with van der Waals surface area (Å²) in [7, 11) is 0. The third kappa shape index (κ3) is 3.60. The second kappa shape index (κ2) is 6.39. The van der Waals surface area contributed by atoms with Crippen LogP contribution >= 0.6 is 11.6 Å². The molecule has 20 heavy (non-hydrogen) atoms. The van der Waals surface area contributed by atoms with Crippen LogP contribution in [0.2, 0.25) is 5.02 Å². The lowest BCUT2D eigenvalue weighted by Gasteiger charge is -2.25. The largest absolute Gasteiger partial charge is 0.384 e. The number of halogens is 1. The molecule has 1 aromatic heterocycles. The van der Waals surface area contributed by atoms with E-state index in [0.717, 1.165) is 17.7 Å². The number of hydrogen-bond acceptors (Lipinski definition) is 3. The van der Waals surface area contributed by atoms with Gasteiger partial charge in [-0.2, -0.15) is 5.10 Å². The van der Waals surface area contributed by atoms with E-state index >= 15 is 0 Å². The molecule has 0 radical (unpaired) electrons. The van der Waals surface area contributed by atoms with Gasteiger partial charge in [-0.05, 0) is 19.9 Å². The van der Waals surface area contributed by atoms with Crippen molar-refractivity contribution in [2.75, 3.05) is 6.54 Å². The molecule has 0 saturated carbocycles. The predicted octanol–water partition coefficient (Wildman–Crippen LogP) is 2.55. The smallest absolute Gasteiger partial charge is 0.101 e. The monoisotopic (exact) mass is 293 g/mol. The Morgan fingerprint density at radius 2 is 2.15 bits per heavy atom. The van der Waals surface area contributed by atoms with Gasteiger partial charge in [0.05, 0.1) is 6.20 Å². The first-order valence-electron chi connectivity index (χ1n) is 6.72. The molecule has 4 nitrogen and oxygen atoms in total. The molecule has 2 N–H and O–H groups in total. The highest BCUT2D eigenvalue weighted by Gasteiger charge is 2.24. The maximum absolute atomic E-state index is 10.5. The second-order valence-corrected chi connectivity index (χ2v) is 5.47. The number of nitrogens with zero attached hydrogens (tertiary/aromatic N) is 2. The maximum Gasteiger partial charge on any atom is 0.101 e. The van der Waals surface area contributed by atoms with E-state index in [-0.39, 0.29) is 0 Å². The summed E-state index contributed by atoms with van der Waals surface area (Å²) >= 11 is 6.13. The Balaban J connectivity index is 1.94. The molecule has 2 aromatic rings. The van der Waals surface area contributed by atoms with Crippen LogP contribution in [0.25, 0.3) is 0 Å². The maximum atomic E-state index is 10.5. The van der Waals surface area contributed by atoms with Crippen LogP contribution < -0.4 is 5.32 Å². The van der Waals surface area contributed by atoms with Crippen molar-refractivity contribution in [3.05, 3.63) is 52.8 Å². The van der Waals surface area contributed by atoms with Gasteiger partial charge in [-0.25, -0.2) is 0 Å². The van der Waals surface area contributed by atoms with E-state index in [0.29, 0.717) is 18.1 Å². The molecular weight excluding hydrogens is 274 g/mol. The van der Waals surface area contributed by atoms with Gasteiger partial charge in [0.25, 0.3) is 0 Å². The van der Waals surface area contributed by atoms with Gasteiger partial charge in [0.2, 0.25) is 0 Å². The van der Waals surface area contributed by atoms with Crippen LogP contribution in [0, 0.1) is 0 Å². The summed E-state index contributed by atoms with van der Waals surface area (Å²) in [6, 6.07) is 7.37. The molecule has 2 rings (SSSR count). The lowest BCUT2D eigenvalue weighted by Crippen LogP contribution is -2.35. The number of nitrogens with one attached hydrogen (secondary N) is 1. The fraction of sp³-hybridized carbons (Fsp3) is 0.400. The Bertz CT molecular complexity index is 566. The first kappa shape index (κ1) is 15.0. The van der Waals surface area contributed by atoms with Gasteiger partial charge in [0.15, 0.2) is 0 Å². The Hall–Kier alpha value is -1.36. The first-order valence-corrected chi connectivity index (χ1v) is 7.10. The molecule has 0 aliphatic rings. The molecule has 0 amide bonds. The standard InChI is InChI=1S/C15H20ClN3O/c1-3-19-10-12(9-18-19)8-17-11-15(2,20)13-6-4-5-7-14(13)16/h4-7,9-10,17,20H,3,8,11H2,1-2H3. The zero-order chi connectivity index (χ0) is 14.6. The van der Waals surface area contributed by atoms with E-state index in [1.165, 1.54) is 0 Å². The minimum atomic E-state index is -1.00. The lowest BCUT2D eigenvalue weighted by molar-refractivity contribution is 0.0568. The zero-order valence-electron chi connectivity index (χ0n) is 11.8. The highest BCUT2D eigenvalue weighted by atomic mass is 35.5. The Morgan fingerprint density at radius 3 is 2.80 bits per heavy atom. The minimum absolute atomic E-state index is 0.425. The highest BCUT2D eigenvalue weighted by molar-refractivity contribution is 6.31. The molecule has 0 bridgehead atoms. The summed E-state index contributed by atoms with van der Waals surface area (Å²) in [6.07, 6.45) is 3.83. The number of aryl methyl sites for hydroxylation is 1. The van der Waals surface area contributed by atoms with Crippen molar-refractivity contribution in [3.63, 3.8) is 0 Å². The summed E-state index contributed by atoms with van der Waals surface area (Å²) in [5.74, 6) is 0. The lowest BCUT2D eigenvalue weighted by atomic mass is 9.96. The Labute approximate surface area is 124 Å². The average molecular weight is 294 g/mol. The summed E-state index contributed by atoms with van der Waals surface area (Å²) in [4.78, 5) is 0. The molecule has 0 spiro atoms. The van der Waals surface area contributed by atoms with Crippen LogP contribution in [-0.4, -0.2) is 21.4 Å². The van der Waals surface area contributed by atoms with E-state index < -0.39 is 5.60 Å². The van der Waals surface area contributed by atoms with E-state index in [9.17, 15) is 5.11 Å². The third-order valence-corrected chi connectivity index (χ3v) is 3.59. The summed E-state index contributed by atoms with van der Waals surface area (Å²) in [5, 5.41) is 18.6. The summed E-state index contributed by atoms with van der Waals surface area (Å²) < 4.78 is 1.88. The molecule has 5 heteroatoms. The van der Waals surface area contributed by atoms with Crippen LogP contribution in [0.15, 0.2) is 36.7 Å². The van der Waals surface area contributed by atoms with Crippen molar-refractivity contribution in [1.29, 1.82) is 0 Å².